The van der Waals surface area contributed by atoms with Crippen LogP contribution in [-0.4, -0.2) is 9.13 Å². The first-order valence-electron chi connectivity index (χ1n) is 15.7. The lowest BCUT2D eigenvalue weighted by atomic mass is 10.0. The van der Waals surface area contributed by atoms with E-state index >= 15 is 0 Å². The number of allylic oxidation sites excluding steroid dienone is 3. The summed E-state index contributed by atoms with van der Waals surface area (Å²) in [5.41, 5.74) is 10.9. The van der Waals surface area contributed by atoms with E-state index < -0.39 is 0 Å². The SMILES string of the molecule is C=C/C=C\C.C=Cn1c2ccccc2c2cc(-c3ccc4c5ccccc5n(-c5ccc(-c6cccc(C#N)c6)cc5)c4c3)ccc21. The molecule has 6 aromatic carbocycles. The maximum Gasteiger partial charge on any atom is 0.0991 e. The molecule has 0 saturated carbocycles. The summed E-state index contributed by atoms with van der Waals surface area (Å²) in [5, 5.41) is 14.2. The molecule has 0 amide bonds. The van der Waals surface area contributed by atoms with Crippen LogP contribution in [0.5, 0.6) is 0 Å². The van der Waals surface area contributed by atoms with Gasteiger partial charge in [0.2, 0.25) is 0 Å². The second kappa shape index (κ2) is 12.6. The van der Waals surface area contributed by atoms with Crippen molar-refractivity contribution in [2.45, 2.75) is 6.92 Å². The summed E-state index contributed by atoms with van der Waals surface area (Å²) >= 11 is 0. The second-order valence-corrected chi connectivity index (χ2v) is 11.4. The molecule has 3 nitrogen and oxygen atoms in total. The number of nitriles is 1. The van der Waals surface area contributed by atoms with Gasteiger partial charge in [0.05, 0.1) is 33.7 Å². The molecule has 2 aromatic heterocycles. The molecule has 0 atom stereocenters. The topological polar surface area (TPSA) is 33.6 Å². The zero-order chi connectivity index (χ0) is 32.3. The third-order valence-electron chi connectivity index (χ3n) is 8.68. The molecule has 2 heterocycles. The van der Waals surface area contributed by atoms with Crippen LogP contribution < -0.4 is 0 Å². The zero-order valence-corrected chi connectivity index (χ0v) is 26.3. The van der Waals surface area contributed by atoms with E-state index in [0.29, 0.717) is 5.56 Å². The lowest BCUT2D eigenvalue weighted by Gasteiger charge is -2.11. The summed E-state index contributed by atoms with van der Waals surface area (Å²) in [7, 11) is 0. The summed E-state index contributed by atoms with van der Waals surface area (Å²) in [4.78, 5) is 0. The molecular weight excluding hydrogens is 571 g/mol. The molecule has 0 aliphatic heterocycles. The molecule has 0 aliphatic carbocycles. The Balaban J connectivity index is 0.000000656. The van der Waals surface area contributed by atoms with Gasteiger partial charge < -0.3 is 9.13 Å². The van der Waals surface area contributed by atoms with E-state index in [0.717, 1.165) is 27.8 Å². The predicted octanol–water partition coefficient (Wildman–Crippen LogP) is 11.9. The zero-order valence-electron chi connectivity index (χ0n) is 26.3. The maximum atomic E-state index is 9.34. The molecule has 3 heteroatoms. The third-order valence-corrected chi connectivity index (χ3v) is 8.68. The van der Waals surface area contributed by atoms with Gasteiger partial charge in [-0.2, -0.15) is 5.26 Å². The van der Waals surface area contributed by atoms with Gasteiger partial charge in [-0.1, -0.05) is 110 Å². The number of hydrogen-bond acceptors (Lipinski definition) is 1. The van der Waals surface area contributed by atoms with Crippen molar-refractivity contribution in [3.8, 4) is 34.0 Å². The van der Waals surface area contributed by atoms with Crippen molar-refractivity contribution in [3.63, 3.8) is 0 Å². The minimum absolute atomic E-state index is 0.666. The average molecular weight is 604 g/mol. The van der Waals surface area contributed by atoms with Gasteiger partial charge in [-0.25, -0.2) is 0 Å². The molecule has 0 spiro atoms. The standard InChI is InChI=1S/C39H25N3.C5H8/c1-2-41-36-12-5-3-11-33(36)35-23-29(17-21-37(35)41)30-16-20-34-32-10-4-6-13-38(32)42(39(34)24-30)31-18-14-27(15-19-31)28-9-7-8-26(22-28)25-40;1-3-5-4-2/h2-24H,1H2;3-5H,1H2,2H3/b;5-4-. The fourth-order valence-electron chi connectivity index (χ4n) is 6.51. The van der Waals surface area contributed by atoms with Crippen molar-refractivity contribution in [3.05, 3.63) is 170 Å². The number of para-hydroxylation sites is 2. The van der Waals surface area contributed by atoms with E-state index in [2.05, 4.69) is 138 Å². The Hall–Kier alpha value is -6.37. The van der Waals surface area contributed by atoms with Crippen LogP contribution in [0.15, 0.2) is 165 Å². The first kappa shape index (κ1) is 29.3. The highest BCUT2D eigenvalue weighted by atomic mass is 15.0. The van der Waals surface area contributed by atoms with Crippen LogP contribution in [0.1, 0.15) is 12.5 Å². The van der Waals surface area contributed by atoms with Crippen LogP contribution in [0.25, 0.3) is 77.8 Å². The Kier molecular flexibility index (Phi) is 7.84. The lowest BCUT2D eigenvalue weighted by Crippen LogP contribution is -1.94. The first-order valence-corrected chi connectivity index (χ1v) is 15.7. The monoisotopic (exact) mass is 603 g/mol. The van der Waals surface area contributed by atoms with Crippen LogP contribution >= 0.6 is 0 Å². The van der Waals surface area contributed by atoms with Crippen LogP contribution in [0, 0.1) is 11.3 Å². The molecule has 8 aromatic rings. The summed E-state index contributed by atoms with van der Waals surface area (Å²) in [6.07, 6.45) is 7.47. The molecule has 0 aliphatic rings. The molecule has 0 radical (unpaired) electrons. The molecule has 0 bridgehead atoms. The third kappa shape index (κ3) is 5.23. The van der Waals surface area contributed by atoms with Crippen LogP contribution in [0.3, 0.4) is 0 Å². The number of rotatable bonds is 5. The average Bonchev–Trinajstić information content (AvgIpc) is 3.64. The Morgan fingerprint density at radius 1 is 0.553 bits per heavy atom. The fraction of sp³-hybridized carbons (Fsp3) is 0.0227. The van der Waals surface area contributed by atoms with Crippen LogP contribution in [-0.2, 0) is 0 Å². The summed E-state index contributed by atoms with van der Waals surface area (Å²) in [6, 6.07) is 49.2. The number of hydrogen-bond donors (Lipinski definition) is 0. The second-order valence-electron chi connectivity index (χ2n) is 11.4. The van der Waals surface area contributed by atoms with E-state index in [1.165, 1.54) is 43.7 Å². The Morgan fingerprint density at radius 2 is 1.17 bits per heavy atom. The van der Waals surface area contributed by atoms with Gasteiger partial charge in [0.25, 0.3) is 0 Å². The molecule has 8 rings (SSSR count). The largest absolute Gasteiger partial charge is 0.317 e. The number of nitrogens with zero attached hydrogens (tertiary/aromatic N) is 3. The fourth-order valence-corrected chi connectivity index (χ4v) is 6.51. The maximum absolute atomic E-state index is 9.34. The number of benzene rings is 6. The number of fused-ring (bicyclic) bond motifs is 6. The summed E-state index contributed by atoms with van der Waals surface area (Å²) in [5.74, 6) is 0. The van der Waals surface area contributed by atoms with Crippen molar-refractivity contribution in [2.75, 3.05) is 0 Å². The van der Waals surface area contributed by atoms with Crippen LogP contribution in [0.4, 0.5) is 0 Å². The van der Waals surface area contributed by atoms with Gasteiger partial charge in [0.1, 0.15) is 0 Å². The predicted molar refractivity (Wildman–Crippen MR) is 201 cm³/mol. The highest BCUT2D eigenvalue weighted by Gasteiger charge is 2.15. The minimum atomic E-state index is 0.666. The number of aromatic nitrogens is 2. The van der Waals surface area contributed by atoms with Crippen molar-refractivity contribution in [1.82, 2.24) is 9.13 Å². The molecular formula is C44H33N3. The Bertz CT molecular complexity index is 2510. The molecule has 0 saturated heterocycles. The van der Waals surface area contributed by atoms with E-state index in [1.54, 1.807) is 6.08 Å². The van der Waals surface area contributed by atoms with Gasteiger partial charge in [0.15, 0.2) is 0 Å². The van der Waals surface area contributed by atoms with Crippen molar-refractivity contribution in [2.24, 2.45) is 0 Å². The first-order chi connectivity index (χ1) is 23.1. The van der Waals surface area contributed by atoms with E-state index in [9.17, 15) is 5.26 Å². The molecule has 224 valence electrons. The van der Waals surface area contributed by atoms with Gasteiger partial charge in [-0.3, -0.25) is 0 Å². The quantitative estimate of drug-likeness (QED) is 0.180. The van der Waals surface area contributed by atoms with Gasteiger partial charge in [-0.15, -0.1) is 0 Å². The highest BCUT2D eigenvalue weighted by molar-refractivity contribution is 6.12. The van der Waals surface area contributed by atoms with Crippen molar-refractivity contribution >= 4 is 49.8 Å². The smallest absolute Gasteiger partial charge is 0.0991 e. The molecule has 0 unspecified atom stereocenters. The molecule has 0 N–H and O–H groups in total. The Labute approximate surface area is 274 Å². The van der Waals surface area contributed by atoms with Crippen molar-refractivity contribution in [1.29, 1.82) is 5.26 Å². The van der Waals surface area contributed by atoms with Crippen molar-refractivity contribution < 1.29 is 0 Å². The van der Waals surface area contributed by atoms with Gasteiger partial charge in [0, 0.05) is 33.4 Å². The van der Waals surface area contributed by atoms with E-state index in [4.69, 9.17) is 0 Å². The lowest BCUT2D eigenvalue weighted by molar-refractivity contribution is 1.18. The Morgan fingerprint density at radius 3 is 1.87 bits per heavy atom. The summed E-state index contributed by atoms with van der Waals surface area (Å²) in [6.45, 7) is 9.48. The molecule has 47 heavy (non-hydrogen) atoms. The minimum Gasteiger partial charge on any atom is -0.317 e. The summed E-state index contributed by atoms with van der Waals surface area (Å²) < 4.78 is 4.52. The van der Waals surface area contributed by atoms with Gasteiger partial charge >= 0.3 is 0 Å². The van der Waals surface area contributed by atoms with E-state index in [1.807, 2.05) is 49.5 Å². The molecule has 0 fully saturated rings. The van der Waals surface area contributed by atoms with Gasteiger partial charge in [-0.05, 0) is 83.8 Å². The van der Waals surface area contributed by atoms with E-state index in [-0.39, 0.29) is 0 Å². The normalized spacial score (nSPS) is 11.1. The van der Waals surface area contributed by atoms with Crippen LogP contribution in [0.2, 0.25) is 0 Å². The highest BCUT2D eigenvalue weighted by Crippen LogP contribution is 2.37.